The minimum atomic E-state index is -1.82. The molecule has 0 saturated carbocycles. The van der Waals surface area contributed by atoms with Crippen LogP contribution in [0.2, 0.25) is 0 Å². The van der Waals surface area contributed by atoms with Crippen molar-refractivity contribution in [3.8, 4) is 0 Å². The molecule has 26 nitrogen and oxygen atoms in total. The van der Waals surface area contributed by atoms with Crippen LogP contribution in [0.3, 0.4) is 0 Å². The third-order valence-electron chi connectivity index (χ3n) is 11.6. The average Bonchev–Trinajstić information content (AvgIpc) is 3.68. The highest BCUT2D eigenvalue weighted by atomic mass is 16.4. The van der Waals surface area contributed by atoms with Gasteiger partial charge in [-0.1, -0.05) is 12.1 Å². The number of carbonyl (C=O) groups is 8. The number of nitrogens with two attached hydrogens (primary N) is 3. The molecule has 0 aliphatic carbocycles. The summed E-state index contributed by atoms with van der Waals surface area (Å²) < 4.78 is 0. The fourth-order valence-corrected chi connectivity index (χ4v) is 7.85. The van der Waals surface area contributed by atoms with Gasteiger partial charge in [0.1, 0.15) is 6.04 Å². The van der Waals surface area contributed by atoms with E-state index in [1.165, 1.54) is 4.90 Å². The molecule has 384 valence electrons. The second-order valence-corrected chi connectivity index (χ2v) is 17.2. The number of aliphatic hydroxyl groups is 1. The Kier molecular flexibility index (Phi) is 24.8. The van der Waals surface area contributed by atoms with Gasteiger partial charge in [-0.25, -0.2) is 0 Å². The van der Waals surface area contributed by atoms with E-state index in [9.17, 15) is 63.7 Å². The van der Waals surface area contributed by atoms with Gasteiger partial charge in [0.05, 0.1) is 44.8 Å². The van der Waals surface area contributed by atoms with Gasteiger partial charge in [0.15, 0.2) is 5.96 Å². The van der Waals surface area contributed by atoms with Gasteiger partial charge in [-0.15, -0.1) is 0 Å². The number of aliphatic hydroxyl groups excluding tert-OH is 1. The minimum absolute atomic E-state index is 0.0116. The Bertz CT molecular complexity index is 1880. The van der Waals surface area contributed by atoms with E-state index in [1.54, 1.807) is 50.9 Å². The molecule has 1 unspecified atom stereocenters. The number of carboxylic acid groups (broad SMARTS) is 2. The van der Waals surface area contributed by atoms with Crippen LogP contribution in [0, 0.1) is 0 Å². The van der Waals surface area contributed by atoms with Crippen molar-refractivity contribution in [1.82, 2.24) is 45.3 Å². The quantitative estimate of drug-likeness (QED) is 0.0188. The number of amides is 6. The standard InChI is InChI=1S/C42H70BN13O13/c1-51(23-29-7-9-30(10-8-29)40(66)49-22-37(61)56-24-31(57)21-33(56)43(68)69)36(60)6-2-3-11-47-41(67)32(5-4-12-48-42(45)46)50-35(59)26-53-15-19-54(27-38(62)63)17-13-52(25-34(44)58)14-18-55(20-16-53)28-39(64)65/h7-10,31-33,57,68-69H,2-6,11-28H2,1H3,(H2,44,58)(H,47,67)(H,49,66)(H,50,59)(H,62,63)(H,64,65)(H4,45,46,48)/t31-,32-,33?/m0/s1. The number of benzene rings is 1. The summed E-state index contributed by atoms with van der Waals surface area (Å²) in [5.41, 5.74) is 17.4. The molecule has 0 aromatic heterocycles. The number of unbranched alkanes of at least 4 members (excludes halogenated alkanes) is 1. The molecule has 14 N–H and O–H groups in total. The van der Waals surface area contributed by atoms with Gasteiger partial charge in [0.25, 0.3) is 5.91 Å². The summed E-state index contributed by atoms with van der Waals surface area (Å²) in [6.45, 7) is 1.39. The lowest BCUT2D eigenvalue weighted by atomic mass is 9.77. The summed E-state index contributed by atoms with van der Waals surface area (Å²) in [4.78, 5) is 114. The Labute approximate surface area is 401 Å². The summed E-state index contributed by atoms with van der Waals surface area (Å²) in [6.07, 6.45) is 0.709. The molecule has 3 atom stereocenters. The molecule has 3 rings (SSSR count). The largest absolute Gasteiger partial charge is 0.480 e. The van der Waals surface area contributed by atoms with Crippen LogP contribution in [0.4, 0.5) is 0 Å². The van der Waals surface area contributed by atoms with Crippen LogP contribution < -0.4 is 33.2 Å². The average molecular weight is 976 g/mol. The van der Waals surface area contributed by atoms with Gasteiger partial charge in [-0.2, -0.15) is 0 Å². The SMILES string of the molecule is CN(Cc1ccc(C(=O)NCC(=O)N2C[C@@H](O)CC2B(O)O)cc1)C(=O)CCCCNC(=O)[C@H](CCCN=C(N)N)NC(=O)CN1CCN(CC(=O)O)CCN(CC(N)=O)CCN(CC(=O)O)CC1. The molecule has 69 heavy (non-hydrogen) atoms. The number of nitrogens with one attached hydrogen (secondary N) is 3. The number of β-amino-alcohol motifs (C(OH)–C–C–N with tert-alkyl or cyclic N) is 1. The van der Waals surface area contributed by atoms with E-state index in [0.29, 0.717) is 32.4 Å². The molecule has 2 aliphatic rings. The smallest absolute Gasteiger partial charge is 0.475 e. The van der Waals surface area contributed by atoms with E-state index in [0.717, 1.165) is 10.5 Å². The highest BCUT2D eigenvalue weighted by molar-refractivity contribution is 6.43. The summed E-state index contributed by atoms with van der Waals surface area (Å²) in [6, 6.07) is 5.46. The van der Waals surface area contributed by atoms with E-state index in [4.69, 9.17) is 17.2 Å². The lowest BCUT2D eigenvalue weighted by Gasteiger charge is -2.33. The van der Waals surface area contributed by atoms with E-state index >= 15 is 0 Å². The van der Waals surface area contributed by atoms with Gasteiger partial charge < -0.3 is 68.3 Å². The molecular formula is C42H70BN13O13. The molecule has 2 aliphatic heterocycles. The number of aliphatic imine (C=N–C) groups is 1. The molecule has 27 heteroatoms. The Morgan fingerprint density at radius 3 is 1.86 bits per heavy atom. The first-order valence-electron chi connectivity index (χ1n) is 22.9. The summed E-state index contributed by atoms with van der Waals surface area (Å²) >= 11 is 0. The Morgan fingerprint density at radius 2 is 1.33 bits per heavy atom. The monoisotopic (exact) mass is 976 g/mol. The van der Waals surface area contributed by atoms with Crippen molar-refractivity contribution >= 4 is 60.5 Å². The van der Waals surface area contributed by atoms with E-state index in [-0.39, 0.29) is 128 Å². The molecule has 0 bridgehead atoms. The number of hydrogen-bond acceptors (Lipinski definition) is 16. The van der Waals surface area contributed by atoms with Crippen molar-refractivity contribution in [2.45, 2.75) is 63.2 Å². The van der Waals surface area contributed by atoms with Crippen molar-refractivity contribution in [2.75, 3.05) is 112 Å². The van der Waals surface area contributed by atoms with Gasteiger partial charge in [-0.05, 0) is 49.8 Å². The van der Waals surface area contributed by atoms with Crippen molar-refractivity contribution in [1.29, 1.82) is 0 Å². The number of carboxylic acids is 2. The summed E-state index contributed by atoms with van der Waals surface area (Å²) in [5, 5.41) is 56.1. The first-order valence-corrected chi connectivity index (χ1v) is 22.9. The molecular weight excluding hydrogens is 905 g/mol. The number of nitrogens with zero attached hydrogens (tertiary/aromatic N) is 7. The molecule has 2 heterocycles. The number of primary amides is 1. The predicted molar refractivity (Wildman–Crippen MR) is 250 cm³/mol. The number of hydrogen-bond donors (Lipinski definition) is 11. The highest BCUT2D eigenvalue weighted by Gasteiger charge is 2.41. The Balaban J connectivity index is 1.51. The number of likely N-dealkylation sites (tertiary alicyclic amines) is 1. The zero-order valence-electron chi connectivity index (χ0n) is 39.2. The van der Waals surface area contributed by atoms with E-state index in [2.05, 4.69) is 20.9 Å². The van der Waals surface area contributed by atoms with Crippen molar-refractivity contribution < 1.29 is 63.7 Å². The van der Waals surface area contributed by atoms with E-state index in [1.807, 2.05) is 0 Å². The molecule has 2 saturated heterocycles. The van der Waals surface area contributed by atoms with Gasteiger partial charge in [0.2, 0.25) is 29.5 Å². The van der Waals surface area contributed by atoms with Crippen LogP contribution >= 0.6 is 0 Å². The van der Waals surface area contributed by atoms with Crippen LogP contribution in [0.15, 0.2) is 29.3 Å². The van der Waals surface area contributed by atoms with Crippen molar-refractivity contribution in [2.24, 2.45) is 22.2 Å². The zero-order chi connectivity index (χ0) is 51.0. The first-order chi connectivity index (χ1) is 32.7. The molecule has 6 amide bonds. The maximum atomic E-state index is 13.6. The van der Waals surface area contributed by atoms with Gasteiger partial charge in [-0.3, -0.25) is 62.9 Å². The van der Waals surface area contributed by atoms with Crippen LogP contribution in [0.1, 0.15) is 54.4 Å². The fraction of sp³-hybridized carbons (Fsp3) is 0.643. The maximum Gasteiger partial charge on any atom is 0.475 e. The Hall–Kier alpha value is -5.97. The van der Waals surface area contributed by atoms with Crippen molar-refractivity contribution in [3.63, 3.8) is 0 Å². The van der Waals surface area contributed by atoms with Crippen LogP contribution in [-0.4, -0.2) is 245 Å². The summed E-state index contributed by atoms with van der Waals surface area (Å²) in [5.74, 6) is -6.01. The van der Waals surface area contributed by atoms with Gasteiger partial charge >= 0.3 is 19.1 Å². The number of guanidine groups is 1. The molecule has 0 spiro atoms. The normalized spacial score (nSPS) is 18.2. The second kappa shape index (κ2) is 29.8. The fourth-order valence-electron chi connectivity index (χ4n) is 7.85. The number of aliphatic carboxylic acids is 2. The molecule has 1 aromatic carbocycles. The zero-order valence-corrected chi connectivity index (χ0v) is 39.2. The molecule has 2 fully saturated rings. The summed E-state index contributed by atoms with van der Waals surface area (Å²) in [7, 11) is -0.189. The van der Waals surface area contributed by atoms with Crippen LogP contribution in [0.5, 0.6) is 0 Å². The topological polar surface area (TPSA) is 384 Å². The minimum Gasteiger partial charge on any atom is -0.480 e. The lowest BCUT2D eigenvalue weighted by Crippen LogP contribution is -2.52. The third-order valence-corrected chi connectivity index (χ3v) is 11.6. The molecule has 0 radical (unpaired) electrons. The number of carbonyl (C=O) groups excluding carboxylic acids is 6. The second-order valence-electron chi connectivity index (χ2n) is 17.2. The third kappa shape index (κ3) is 22.3. The van der Waals surface area contributed by atoms with Crippen LogP contribution in [0.25, 0.3) is 0 Å². The first kappa shape index (κ1) is 57.4. The van der Waals surface area contributed by atoms with E-state index < -0.39 is 73.2 Å². The molecule has 1 aromatic rings. The van der Waals surface area contributed by atoms with Crippen LogP contribution in [-0.2, 0) is 40.1 Å². The van der Waals surface area contributed by atoms with Gasteiger partial charge in [0, 0.05) is 97.6 Å². The lowest BCUT2D eigenvalue weighted by molar-refractivity contribution is -0.139. The Morgan fingerprint density at radius 1 is 0.783 bits per heavy atom. The van der Waals surface area contributed by atoms with Crippen molar-refractivity contribution in [3.05, 3.63) is 35.4 Å². The predicted octanol–water partition coefficient (Wildman–Crippen LogP) is -5.95. The highest BCUT2D eigenvalue weighted by Crippen LogP contribution is 2.19. The number of rotatable bonds is 25. The maximum absolute atomic E-state index is 13.6.